The van der Waals surface area contributed by atoms with Gasteiger partial charge in [0, 0.05) is 18.5 Å². The molecular formula is C19H27FINO3. The smallest absolute Gasteiger partial charge is 0.410 e. The second-order valence-corrected chi connectivity index (χ2v) is 8.46. The first-order chi connectivity index (χ1) is 11.8. The molecule has 0 radical (unpaired) electrons. The standard InChI is InChI=1S/C19H27FINO3/c1-19(2,3)25-18(23)22-12-4-5-17(22)14(10-11-21)13-24-16-8-6-15(20)7-9-16/h6-9,14,17H,4-5,10-13H2,1-3H3. The van der Waals surface area contributed by atoms with Gasteiger partial charge in [0.25, 0.3) is 0 Å². The van der Waals surface area contributed by atoms with Crippen LogP contribution in [0.3, 0.4) is 0 Å². The summed E-state index contributed by atoms with van der Waals surface area (Å²) in [5, 5.41) is 0. The molecule has 1 heterocycles. The Morgan fingerprint density at radius 1 is 1.36 bits per heavy atom. The van der Waals surface area contributed by atoms with Crippen LogP contribution in [0.4, 0.5) is 9.18 Å². The fourth-order valence-electron chi connectivity index (χ4n) is 3.09. The molecule has 1 aliphatic rings. The summed E-state index contributed by atoms with van der Waals surface area (Å²) in [7, 11) is 0. The molecule has 1 aromatic carbocycles. The van der Waals surface area contributed by atoms with Crippen LogP contribution in [0.25, 0.3) is 0 Å². The van der Waals surface area contributed by atoms with E-state index < -0.39 is 5.60 Å². The molecule has 1 saturated heterocycles. The largest absolute Gasteiger partial charge is 0.493 e. The van der Waals surface area contributed by atoms with Gasteiger partial charge in [0.2, 0.25) is 0 Å². The highest BCUT2D eigenvalue weighted by Gasteiger charge is 2.37. The molecule has 0 bridgehead atoms. The van der Waals surface area contributed by atoms with Crippen LogP contribution in [0.2, 0.25) is 0 Å². The zero-order chi connectivity index (χ0) is 18.4. The lowest BCUT2D eigenvalue weighted by molar-refractivity contribution is 0.0149. The Hall–Kier alpha value is -1.05. The van der Waals surface area contributed by atoms with Crippen LogP contribution in [0.5, 0.6) is 5.75 Å². The molecule has 6 heteroatoms. The molecular weight excluding hydrogens is 436 g/mol. The predicted octanol–water partition coefficient (Wildman–Crippen LogP) is 5.05. The Kier molecular flexibility index (Phi) is 7.34. The van der Waals surface area contributed by atoms with Gasteiger partial charge in [-0.05, 0) is 68.7 Å². The van der Waals surface area contributed by atoms with Crippen molar-refractivity contribution in [3.8, 4) is 5.75 Å². The molecule has 1 fully saturated rings. The maximum Gasteiger partial charge on any atom is 0.410 e. The number of rotatable bonds is 6. The number of hydrogen-bond donors (Lipinski definition) is 0. The van der Waals surface area contributed by atoms with Crippen molar-refractivity contribution in [2.75, 3.05) is 17.6 Å². The van der Waals surface area contributed by atoms with Gasteiger partial charge in [-0.25, -0.2) is 9.18 Å². The van der Waals surface area contributed by atoms with Crippen LogP contribution >= 0.6 is 22.6 Å². The molecule has 25 heavy (non-hydrogen) atoms. The van der Waals surface area contributed by atoms with Crippen molar-refractivity contribution in [1.82, 2.24) is 4.90 Å². The van der Waals surface area contributed by atoms with E-state index in [1.807, 2.05) is 25.7 Å². The van der Waals surface area contributed by atoms with E-state index in [2.05, 4.69) is 22.6 Å². The van der Waals surface area contributed by atoms with E-state index in [1.165, 1.54) is 12.1 Å². The van der Waals surface area contributed by atoms with E-state index in [4.69, 9.17) is 9.47 Å². The van der Waals surface area contributed by atoms with Gasteiger partial charge in [0.1, 0.15) is 17.2 Å². The minimum Gasteiger partial charge on any atom is -0.493 e. The number of hydrogen-bond acceptors (Lipinski definition) is 3. The maximum absolute atomic E-state index is 13.0. The number of halogens is 2. The SMILES string of the molecule is CC(C)(C)OC(=O)N1CCCC1C(CCI)COc1ccc(F)cc1. The van der Waals surface area contributed by atoms with Gasteiger partial charge >= 0.3 is 6.09 Å². The van der Waals surface area contributed by atoms with Crippen molar-refractivity contribution < 1.29 is 18.7 Å². The quantitative estimate of drug-likeness (QED) is 0.438. The molecule has 0 aromatic heterocycles. The molecule has 2 rings (SSSR count). The zero-order valence-electron chi connectivity index (χ0n) is 15.1. The molecule has 1 aliphatic heterocycles. The minimum atomic E-state index is -0.492. The summed E-state index contributed by atoms with van der Waals surface area (Å²) in [6.07, 6.45) is 2.67. The van der Waals surface area contributed by atoms with Gasteiger partial charge < -0.3 is 14.4 Å². The van der Waals surface area contributed by atoms with Crippen molar-refractivity contribution in [3.05, 3.63) is 30.1 Å². The first kappa shape index (κ1) is 20.3. The average molecular weight is 463 g/mol. The molecule has 0 aliphatic carbocycles. The Morgan fingerprint density at radius 2 is 2.04 bits per heavy atom. The summed E-state index contributed by atoms with van der Waals surface area (Å²) >= 11 is 2.35. The summed E-state index contributed by atoms with van der Waals surface area (Å²) in [6, 6.07) is 6.19. The van der Waals surface area contributed by atoms with E-state index >= 15 is 0 Å². The molecule has 0 saturated carbocycles. The zero-order valence-corrected chi connectivity index (χ0v) is 17.3. The number of likely N-dealkylation sites (tertiary alicyclic amines) is 1. The van der Waals surface area contributed by atoms with E-state index in [1.54, 1.807) is 12.1 Å². The highest BCUT2D eigenvalue weighted by Crippen LogP contribution is 2.29. The van der Waals surface area contributed by atoms with Crippen LogP contribution in [-0.2, 0) is 4.74 Å². The monoisotopic (exact) mass is 463 g/mol. The van der Waals surface area contributed by atoms with Gasteiger partial charge in [-0.3, -0.25) is 0 Å². The number of amides is 1. The summed E-state index contributed by atoms with van der Waals surface area (Å²) in [4.78, 5) is 14.4. The van der Waals surface area contributed by atoms with Crippen LogP contribution in [0.1, 0.15) is 40.0 Å². The highest BCUT2D eigenvalue weighted by atomic mass is 127. The molecule has 2 unspecified atom stereocenters. The van der Waals surface area contributed by atoms with Crippen molar-refractivity contribution in [2.24, 2.45) is 5.92 Å². The third-order valence-corrected chi connectivity index (χ3v) is 4.85. The Morgan fingerprint density at radius 3 is 2.64 bits per heavy atom. The second-order valence-electron chi connectivity index (χ2n) is 7.39. The van der Waals surface area contributed by atoms with E-state index in [9.17, 15) is 9.18 Å². The van der Waals surface area contributed by atoms with Gasteiger partial charge in [-0.2, -0.15) is 0 Å². The van der Waals surface area contributed by atoms with Crippen LogP contribution in [-0.4, -0.2) is 40.2 Å². The number of nitrogens with zero attached hydrogens (tertiary/aromatic N) is 1. The van der Waals surface area contributed by atoms with Gasteiger partial charge in [0.05, 0.1) is 6.61 Å². The minimum absolute atomic E-state index is 0.130. The number of carbonyl (C=O) groups excluding carboxylic acids is 1. The number of ether oxygens (including phenoxy) is 2. The average Bonchev–Trinajstić information content (AvgIpc) is 3.01. The fraction of sp³-hybridized carbons (Fsp3) is 0.632. The topological polar surface area (TPSA) is 38.8 Å². The fourth-order valence-corrected chi connectivity index (χ4v) is 3.89. The lowest BCUT2D eigenvalue weighted by Crippen LogP contribution is -2.44. The van der Waals surface area contributed by atoms with Gasteiger partial charge in [0.15, 0.2) is 0 Å². The van der Waals surface area contributed by atoms with Crippen LogP contribution in [0, 0.1) is 11.7 Å². The lowest BCUT2D eigenvalue weighted by Gasteiger charge is -2.33. The van der Waals surface area contributed by atoms with Crippen molar-refractivity contribution in [3.63, 3.8) is 0 Å². The van der Waals surface area contributed by atoms with Crippen LogP contribution in [0.15, 0.2) is 24.3 Å². The maximum atomic E-state index is 13.0. The van der Waals surface area contributed by atoms with Gasteiger partial charge in [-0.15, -0.1) is 0 Å². The van der Waals surface area contributed by atoms with E-state index in [0.717, 1.165) is 30.2 Å². The number of carbonyl (C=O) groups is 1. The lowest BCUT2D eigenvalue weighted by atomic mass is 9.96. The summed E-state index contributed by atoms with van der Waals surface area (Å²) < 4.78 is 25.4. The summed E-state index contributed by atoms with van der Waals surface area (Å²) in [5.41, 5.74) is -0.492. The molecule has 1 amide bonds. The third-order valence-electron chi connectivity index (χ3n) is 4.23. The van der Waals surface area contributed by atoms with E-state index in [0.29, 0.717) is 12.4 Å². The van der Waals surface area contributed by atoms with Gasteiger partial charge in [-0.1, -0.05) is 22.6 Å². The van der Waals surface area contributed by atoms with Crippen molar-refractivity contribution in [2.45, 2.75) is 51.7 Å². The van der Waals surface area contributed by atoms with Crippen molar-refractivity contribution in [1.29, 1.82) is 0 Å². The number of alkyl halides is 1. The summed E-state index contributed by atoms with van der Waals surface area (Å²) in [5.74, 6) is 0.613. The molecule has 140 valence electrons. The Balaban J connectivity index is 2.01. The van der Waals surface area contributed by atoms with Crippen molar-refractivity contribution >= 4 is 28.7 Å². The predicted molar refractivity (Wildman–Crippen MR) is 105 cm³/mol. The number of benzene rings is 1. The first-order valence-electron chi connectivity index (χ1n) is 8.74. The first-order valence-corrected chi connectivity index (χ1v) is 10.3. The molecule has 2 atom stereocenters. The van der Waals surface area contributed by atoms with Crippen LogP contribution < -0.4 is 4.74 Å². The Bertz CT molecular complexity index is 559. The summed E-state index contributed by atoms with van der Waals surface area (Å²) in [6.45, 7) is 6.90. The normalized spacial score (nSPS) is 18.9. The molecule has 0 spiro atoms. The molecule has 4 nitrogen and oxygen atoms in total. The third kappa shape index (κ3) is 6.31. The highest BCUT2D eigenvalue weighted by molar-refractivity contribution is 14.1. The second kappa shape index (κ2) is 9.05. The van der Waals surface area contributed by atoms with E-state index in [-0.39, 0.29) is 23.9 Å². The molecule has 0 N–H and O–H groups in total. The molecule has 1 aromatic rings. The Labute approximate surface area is 163 Å².